The molecule has 0 spiro atoms. The van der Waals surface area contributed by atoms with E-state index < -0.39 is 0 Å². The van der Waals surface area contributed by atoms with Crippen LogP contribution in [0.3, 0.4) is 0 Å². The minimum atomic E-state index is 0.0210. The number of aromatic nitrogens is 4. The number of nitrogens with one attached hydrogen (secondary N) is 3. The summed E-state index contributed by atoms with van der Waals surface area (Å²) in [5.74, 6) is 1.81. The summed E-state index contributed by atoms with van der Waals surface area (Å²) in [5.41, 5.74) is 4.03. The van der Waals surface area contributed by atoms with Gasteiger partial charge in [-0.3, -0.25) is 4.79 Å². The number of benzene rings is 1. The molecule has 180 valence electrons. The van der Waals surface area contributed by atoms with Crippen molar-refractivity contribution in [1.82, 2.24) is 24.9 Å². The van der Waals surface area contributed by atoms with Crippen LogP contribution >= 0.6 is 0 Å². The smallest absolute Gasteiger partial charge is 0.229 e. The topological polar surface area (TPSA) is 105 Å². The highest BCUT2D eigenvalue weighted by Gasteiger charge is 2.24. The molecule has 3 N–H and O–H groups in total. The maximum atomic E-state index is 12.4. The van der Waals surface area contributed by atoms with Crippen LogP contribution in [0.4, 0.5) is 11.9 Å². The highest BCUT2D eigenvalue weighted by molar-refractivity contribution is 5.86. The first kappa shape index (κ1) is 22.7. The summed E-state index contributed by atoms with van der Waals surface area (Å²) in [7, 11) is 0. The van der Waals surface area contributed by atoms with Gasteiger partial charge in [0.25, 0.3) is 0 Å². The molecule has 1 aromatic carbocycles. The van der Waals surface area contributed by atoms with Crippen molar-refractivity contribution in [3.8, 4) is 0 Å². The Hall–Kier alpha value is -3.04. The molecule has 0 bridgehead atoms. The number of fused-ring (bicyclic) bond motifs is 1. The van der Waals surface area contributed by atoms with E-state index in [1.165, 1.54) is 0 Å². The molecule has 9 heteroatoms. The van der Waals surface area contributed by atoms with E-state index in [0.717, 1.165) is 61.4 Å². The molecule has 0 aliphatic carbocycles. The van der Waals surface area contributed by atoms with Crippen LogP contribution < -0.4 is 16.0 Å². The fraction of sp³-hybridized carbons (Fsp3) is 0.520. The molecule has 2 fully saturated rings. The van der Waals surface area contributed by atoms with Crippen LogP contribution in [-0.4, -0.2) is 57.2 Å². The second kappa shape index (κ2) is 10.1. The van der Waals surface area contributed by atoms with Gasteiger partial charge in [-0.15, -0.1) is 0 Å². The second-order valence-corrected chi connectivity index (χ2v) is 9.50. The minimum absolute atomic E-state index is 0.0210. The number of carbonyl (C=O) groups excluding carboxylic acids is 1. The van der Waals surface area contributed by atoms with E-state index >= 15 is 0 Å². The van der Waals surface area contributed by atoms with Gasteiger partial charge in [-0.25, -0.2) is 0 Å². The standard InChI is InChI=1S/C25H33N7O2/c1-16(2)20-15-28-32-23(20)30-24(29-19-7-10-34-11-8-19)31-25(32)27-14-18-5-3-4-17(12-18)13-22(33)21-6-9-26-21/h3-5,12,15-16,19,21,26H,6-11,13-14H2,1-2H3,(H2,27,29,30,31). The molecule has 0 saturated carbocycles. The number of rotatable bonds is 9. The summed E-state index contributed by atoms with van der Waals surface area (Å²) in [6, 6.07) is 8.49. The monoisotopic (exact) mass is 463 g/mol. The normalized spacial score (nSPS) is 18.7. The number of carbonyl (C=O) groups is 1. The highest BCUT2D eigenvalue weighted by atomic mass is 16.5. The number of nitrogens with zero attached hydrogens (tertiary/aromatic N) is 4. The maximum absolute atomic E-state index is 12.4. The van der Waals surface area contributed by atoms with Crippen molar-refractivity contribution >= 4 is 23.3 Å². The van der Waals surface area contributed by atoms with Crippen molar-refractivity contribution in [3.05, 3.63) is 47.2 Å². The number of ketones is 1. The van der Waals surface area contributed by atoms with Crippen molar-refractivity contribution in [3.63, 3.8) is 0 Å². The minimum Gasteiger partial charge on any atom is -0.381 e. The van der Waals surface area contributed by atoms with E-state index in [4.69, 9.17) is 14.7 Å². The van der Waals surface area contributed by atoms with Crippen LogP contribution in [0, 0.1) is 0 Å². The third-order valence-electron chi connectivity index (χ3n) is 6.60. The van der Waals surface area contributed by atoms with Gasteiger partial charge < -0.3 is 20.7 Å². The Morgan fingerprint density at radius 2 is 2.00 bits per heavy atom. The van der Waals surface area contributed by atoms with Gasteiger partial charge in [-0.1, -0.05) is 38.1 Å². The van der Waals surface area contributed by atoms with Gasteiger partial charge in [0.05, 0.1) is 12.2 Å². The lowest BCUT2D eigenvalue weighted by molar-refractivity contribution is -0.121. The van der Waals surface area contributed by atoms with E-state index in [0.29, 0.717) is 36.8 Å². The average Bonchev–Trinajstić information content (AvgIpc) is 3.22. The summed E-state index contributed by atoms with van der Waals surface area (Å²) in [6.07, 6.45) is 5.15. The van der Waals surface area contributed by atoms with Gasteiger partial charge in [0.1, 0.15) is 0 Å². The molecule has 1 atom stereocenters. The Morgan fingerprint density at radius 1 is 1.21 bits per heavy atom. The summed E-state index contributed by atoms with van der Waals surface area (Å²) in [4.78, 5) is 21.9. The van der Waals surface area contributed by atoms with Crippen LogP contribution in [0.5, 0.6) is 0 Å². The number of hydrogen-bond acceptors (Lipinski definition) is 8. The first-order chi connectivity index (χ1) is 16.6. The summed E-state index contributed by atoms with van der Waals surface area (Å²) >= 11 is 0. The van der Waals surface area contributed by atoms with Crippen LogP contribution in [0.25, 0.3) is 5.65 Å². The lowest BCUT2D eigenvalue weighted by Crippen LogP contribution is -2.49. The molecular weight excluding hydrogens is 430 g/mol. The van der Waals surface area contributed by atoms with Gasteiger partial charge in [0.2, 0.25) is 11.9 Å². The molecule has 2 aliphatic heterocycles. The fourth-order valence-electron chi connectivity index (χ4n) is 4.42. The van der Waals surface area contributed by atoms with Crippen LogP contribution in [0.1, 0.15) is 55.7 Å². The zero-order chi connectivity index (χ0) is 23.5. The lowest BCUT2D eigenvalue weighted by Gasteiger charge is -2.26. The predicted molar refractivity (Wildman–Crippen MR) is 131 cm³/mol. The van der Waals surface area contributed by atoms with Gasteiger partial charge in [-0.05, 0) is 42.9 Å². The van der Waals surface area contributed by atoms with E-state index in [1.54, 1.807) is 4.52 Å². The van der Waals surface area contributed by atoms with E-state index in [-0.39, 0.29) is 11.8 Å². The predicted octanol–water partition coefficient (Wildman–Crippen LogP) is 2.92. The van der Waals surface area contributed by atoms with Crippen molar-refractivity contribution in [2.75, 3.05) is 30.4 Å². The molecule has 2 saturated heterocycles. The summed E-state index contributed by atoms with van der Waals surface area (Å²) in [6.45, 7) is 7.30. The molecule has 1 unspecified atom stereocenters. The molecule has 3 aromatic rings. The van der Waals surface area contributed by atoms with Crippen LogP contribution in [-0.2, 0) is 22.5 Å². The third-order valence-corrected chi connectivity index (χ3v) is 6.60. The van der Waals surface area contributed by atoms with Crippen molar-refractivity contribution in [2.24, 2.45) is 0 Å². The molecular formula is C25H33N7O2. The Kier molecular flexibility index (Phi) is 6.73. The molecule has 34 heavy (non-hydrogen) atoms. The van der Waals surface area contributed by atoms with Crippen LogP contribution in [0.15, 0.2) is 30.5 Å². The Morgan fingerprint density at radius 3 is 2.74 bits per heavy atom. The first-order valence-corrected chi connectivity index (χ1v) is 12.2. The Bertz CT molecular complexity index is 1150. The first-order valence-electron chi connectivity index (χ1n) is 12.2. The maximum Gasteiger partial charge on any atom is 0.229 e. The van der Waals surface area contributed by atoms with Crippen molar-refractivity contribution in [1.29, 1.82) is 0 Å². The zero-order valence-corrected chi connectivity index (χ0v) is 19.9. The Balaban J connectivity index is 1.35. The number of anilines is 2. The quantitative estimate of drug-likeness (QED) is 0.445. The number of ether oxygens (including phenoxy) is 1. The molecule has 0 amide bonds. The van der Waals surface area contributed by atoms with E-state index in [1.807, 2.05) is 18.3 Å². The molecule has 4 heterocycles. The van der Waals surface area contributed by atoms with Crippen LogP contribution in [0.2, 0.25) is 0 Å². The van der Waals surface area contributed by atoms with Gasteiger partial charge >= 0.3 is 0 Å². The molecule has 0 radical (unpaired) electrons. The fourth-order valence-corrected chi connectivity index (χ4v) is 4.42. The largest absolute Gasteiger partial charge is 0.381 e. The summed E-state index contributed by atoms with van der Waals surface area (Å²) < 4.78 is 7.26. The Labute approximate surface area is 199 Å². The molecule has 2 aromatic heterocycles. The summed E-state index contributed by atoms with van der Waals surface area (Å²) in [5, 5.41) is 14.7. The molecule has 5 rings (SSSR count). The SMILES string of the molecule is CC(C)c1cnn2c(NCc3cccc(CC(=O)C4CCN4)c3)nc(NC3CCOCC3)nc12. The molecule has 2 aliphatic rings. The molecule has 9 nitrogen and oxygen atoms in total. The van der Waals surface area contributed by atoms with E-state index in [9.17, 15) is 4.79 Å². The second-order valence-electron chi connectivity index (χ2n) is 9.50. The van der Waals surface area contributed by atoms with Gasteiger partial charge in [0, 0.05) is 37.8 Å². The zero-order valence-electron chi connectivity index (χ0n) is 19.9. The van der Waals surface area contributed by atoms with Gasteiger partial charge in [-0.2, -0.15) is 19.6 Å². The van der Waals surface area contributed by atoms with Crippen molar-refractivity contribution < 1.29 is 9.53 Å². The third kappa shape index (κ3) is 5.05. The van der Waals surface area contributed by atoms with Gasteiger partial charge in [0.15, 0.2) is 11.4 Å². The highest BCUT2D eigenvalue weighted by Crippen LogP contribution is 2.23. The lowest BCUT2D eigenvalue weighted by atomic mass is 9.96. The number of Topliss-reactive ketones (excluding diaryl/α,β-unsaturated/α-hetero) is 1. The van der Waals surface area contributed by atoms with Crippen molar-refractivity contribution in [2.45, 2.75) is 64.1 Å². The average molecular weight is 464 g/mol. The number of hydrogen-bond donors (Lipinski definition) is 3. The van der Waals surface area contributed by atoms with E-state index in [2.05, 4.69) is 47.0 Å².